The molecule has 0 amide bonds. The third-order valence-corrected chi connectivity index (χ3v) is 5.44. The average molecular weight is 329 g/mol. The van der Waals surface area contributed by atoms with E-state index >= 15 is 0 Å². The average Bonchev–Trinajstić information content (AvgIpc) is 3.09. The van der Waals surface area contributed by atoms with Gasteiger partial charge in [0.25, 0.3) is 0 Å². The number of benzene rings is 2. The van der Waals surface area contributed by atoms with Crippen LogP contribution >= 0.6 is 0 Å². The van der Waals surface area contributed by atoms with Crippen molar-refractivity contribution < 1.29 is 8.95 Å². The van der Waals surface area contributed by atoms with E-state index in [9.17, 15) is 4.21 Å². The first-order valence-electron chi connectivity index (χ1n) is 8.19. The Hall–Kier alpha value is -1.65. The van der Waals surface area contributed by atoms with E-state index in [0.717, 1.165) is 35.7 Å². The SMILES string of the molecule is O=[S@@](Cc1cccc(NCC[C@H]2CCCO2)c1)c1ccccc1. The number of ether oxygens (including phenoxy) is 1. The molecule has 1 fully saturated rings. The van der Waals surface area contributed by atoms with E-state index in [4.69, 9.17) is 4.74 Å². The highest BCUT2D eigenvalue weighted by Crippen LogP contribution is 2.18. The predicted molar refractivity (Wildman–Crippen MR) is 95.1 cm³/mol. The monoisotopic (exact) mass is 329 g/mol. The van der Waals surface area contributed by atoms with Gasteiger partial charge < -0.3 is 10.1 Å². The Morgan fingerprint density at radius 2 is 2.00 bits per heavy atom. The zero-order valence-electron chi connectivity index (χ0n) is 13.2. The molecule has 3 nitrogen and oxygen atoms in total. The second kappa shape index (κ2) is 8.27. The summed E-state index contributed by atoms with van der Waals surface area (Å²) in [4.78, 5) is 0.879. The number of rotatable bonds is 7. The number of hydrogen-bond donors (Lipinski definition) is 1. The molecule has 1 aliphatic heterocycles. The van der Waals surface area contributed by atoms with Crippen LogP contribution in [-0.4, -0.2) is 23.5 Å². The lowest BCUT2D eigenvalue weighted by Gasteiger charge is -2.12. The number of nitrogens with one attached hydrogen (secondary N) is 1. The lowest BCUT2D eigenvalue weighted by atomic mass is 10.2. The lowest BCUT2D eigenvalue weighted by Crippen LogP contribution is -2.12. The zero-order valence-corrected chi connectivity index (χ0v) is 14.1. The minimum absolute atomic E-state index is 0.413. The number of anilines is 1. The standard InChI is InChI=1S/C19H23NO2S/c21-23(19-9-2-1-3-10-19)15-16-6-4-7-17(14-16)20-12-11-18-8-5-13-22-18/h1-4,6-7,9-10,14,18,20H,5,8,11-13,15H2/t18-,23+/m1/s1. The Kier molecular flexibility index (Phi) is 5.83. The summed E-state index contributed by atoms with van der Waals surface area (Å²) in [6.07, 6.45) is 3.82. The van der Waals surface area contributed by atoms with Crippen LogP contribution in [0.5, 0.6) is 0 Å². The minimum atomic E-state index is -0.998. The van der Waals surface area contributed by atoms with Crippen molar-refractivity contribution in [2.45, 2.75) is 36.0 Å². The summed E-state index contributed by atoms with van der Waals surface area (Å²) < 4.78 is 18.0. The van der Waals surface area contributed by atoms with Crippen molar-refractivity contribution in [3.8, 4) is 0 Å². The molecule has 23 heavy (non-hydrogen) atoms. The molecule has 122 valence electrons. The van der Waals surface area contributed by atoms with Crippen LogP contribution in [0.2, 0.25) is 0 Å². The molecule has 0 radical (unpaired) electrons. The van der Waals surface area contributed by atoms with Crippen LogP contribution in [0.1, 0.15) is 24.8 Å². The molecule has 0 aliphatic carbocycles. The van der Waals surface area contributed by atoms with Crippen molar-refractivity contribution in [3.63, 3.8) is 0 Å². The fourth-order valence-electron chi connectivity index (χ4n) is 2.83. The zero-order chi connectivity index (χ0) is 15.9. The van der Waals surface area contributed by atoms with Gasteiger partial charge in [-0.25, -0.2) is 0 Å². The van der Waals surface area contributed by atoms with Crippen LogP contribution < -0.4 is 5.32 Å². The Bertz CT molecular complexity index is 639. The van der Waals surface area contributed by atoms with E-state index in [2.05, 4.69) is 17.4 Å². The summed E-state index contributed by atoms with van der Waals surface area (Å²) in [5.74, 6) is 0.547. The summed E-state index contributed by atoms with van der Waals surface area (Å²) in [6, 6.07) is 17.8. The maximum absolute atomic E-state index is 12.4. The maximum Gasteiger partial charge on any atom is 0.0592 e. The van der Waals surface area contributed by atoms with Crippen molar-refractivity contribution in [1.82, 2.24) is 0 Å². The van der Waals surface area contributed by atoms with Gasteiger partial charge in [-0.15, -0.1) is 0 Å². The van der Waals surface area contributed by atoms with Gasteiger partial charge in [0.05, 0.1) is 22.7 Å². The van der Waals surface area contributed by atoms with Crippen LogP contribution in [0.15, 0.2) is 59.5 Å². The van der Waals surface area contributed by atoms with Crippen LogP contribution in [0.3, 0.4) is 0 Å². The number of hydrogen-bond acceptors (Lipinski definition) is 3. The molecule has 0 aromatic heterocycles. The summed E-state index contributed by atoms with van der Waals surface area (Å²) >= 11 is 0. The van der Waals surface area contributed by atoms with Gasteiger partial charge in [-0.05, 0) is 49.1 Å². The van der Waals surface area contributed by atoms with Gasteiger partial charge in [-0.3, -0.25) is 4.21 Å². The minimum Gasteiger partial charge on any atom is -0.385 e. The van der Waals surface area contributed by atoms with Gasteiger partial charge in [-0.2, -0.15) is 0 Å². The molecular formula is C19H23NO2S. The molecule has 0 bridgehead atoms. The van der Waals surface area contributed by atoms with E-state index < -0.39 is 10.8 Å². The van der Waals surface area contributed by atoms with Gasteiger partial charge in [-0.1, -0.05) is 30.3 Å². The Morgan fingerprint density at radius 3 is 2.78 bits per heavy atom. The maximum atomic E-state index is 12.4. The molecule has 1 saturated heterocycles. The van der Waals surface area contributed by atoms with E-state index in [-0.39, 0.29) is 0 Å². The van der Waals surface area contributed by atoms with Crippen molar-refractivity contribution in [2.24, 2.45) is 0 Å². The van der Waals surface area contributed by atoms with Crippen LogP contribution in [0.25, 0.3) is 0 Å². The first-order valence-corrected chi connectivity index (χ1v) is 9.51. The van der Waals surface area contributed by atoms with Crippen LogP contribution in [0.4, 0.5) is 5.69 Å². The van der Waals surface area contributed by atoms with E-state index in [1.165, 1.54) is 12.8 Å². The van der Waals surface area contributed by atoms with Gasteiger partial charge >= 0.3 is 0 Å². The molecular weight excluding hydrogens is 306 g/mol. The summed E-state index contributed by atoms with van der Waals surface area (Å²) in [6.45, 7) is 1.82. The van der Waals surface area contributed by atoms with E-state index in [0.29, 0.717) is 11.9 Å². The Morgan fingerprint density at radius 1 is 1.13 bits per heavy atom. The largest absolute Gasteiger partial charge is 0.385 e. The fraction of sp³-hybridized carbons (Fsp3) is 0.368. The van der Waals surface area contributed by atoms with Crippen molar-refractivity contribution in [3.05, 3.63) is 60.2 Å². The highest BCUT2D eigenvalue weighted by molar-refractivity contribution is 7.84. The molecule has 1 heterocycles. The highest BCUT2D eigenvalue weighted by Gasteiger charge is 2.14. The van der Waals surface area contributed by atoms with Gasteiger partial charge in [0.15, 0.2) is 0 Å². The first kappa shape index (κ1) is 16.2. The van der Waals surface area contributed by atoms with Crippen molar-refractivity contribution in [1.29, 1.82) is 0 Å². The normalized spacial score (nSPS) is 18.7. The molecule has 3 rings (SSSR count). The van der Waals surface area contributed by atoms with E-state index in [1.807, 2.05) is 42.5 Å². The third kappa shape index (κ3) is 4.91. The topological polar surface area (TPSA) is 38.3 Å². The first-order chi connectivity index (χ1) is 11.3. The summed E-state index contributed by atoms with van der Waals surface area (Å²) in [5.41, 5.74) is 2.18. The summed E-state index contributed by atoms with van der Waals surface area (Å²) in [5, 5.41) is 3.45. The second-order valence-corrected chi connectivity index (χ2v) is 7.30. The Labute approximate surface area is 140 Å². The van der Waals surface area contributed by atoms with Crippen LogP contribution in [0, 0.1) is 0 Å². The van der Waals surface area contributed by atoms with Gasteiger partial charge in [0.2, 0.25) is 0 Å². The van der Waals surface area contributed by atoms with Crippen LogP contribution in [-0.2, 0) is 21.3 Å². The molecule has 0 spiro atoms. The summed E-state index contributed by atoms with van der Waals surface area (Å²) in [7, 11) is -0.998. The molecule has 2 atom stereocenters. The Balaban J connectivity index is 1.53. The molecule has 2 aromatic carbocycles. The second-order valence-electron chi connectivity index (χ2n) is 5.85. The smallest absolute Gasteiger partial charge is 0.0592 e. The van der Waals surface area contributed by atoms with Crippen molar-refractivity contribution >= 4 is 16.5 Å². The van der Waals surface area contributed by atoms with E-state index in [1.54, 1.807) is 0 Å². The molecule has 0 unspecified atom stereocenters. The molecule has 0 saturated carbocycles. The molecule has 1 aliphatic rings. The predicted octanol–water partition coefficient (Wildman–Crippen LogP) is 3.98. The highest BCUT2D eigenvalue weighted by atomic mass is 32.2. The molecule has 4 heteroatoms. The van der Waals surface area contributed by atoms with Gasteiger partial charge in [0.1, 0.15) is 0 Å². The lowest BCUT2D eigenvalue weighted by molar-refractivity contribution is 0.107. The molecule has 2 aromatic rings. The van der Waals surface area contributed by atoms with Crippen molar-refractivity contribution in [2.75, 3.05) is 18.5 Å². The quantitative estimate of drug-likeness (QED) is 0.835. The fourth-order valence-corrected chi connectivity index (χ4v) is 3.94. The molecule has 1 N–H and O–H groups in total. The third-order valence-electron chi connectivity index (χ3n) is 4.05. The van der Waals surface area contributed by atoms with Gasteiger partial charge in [0, 0.05) is 23.7 Å².